The molecule has 2 aliphatic heterocycles. The first-order valence-corrected chi connectivity index (χ1v) is 10.9. The molecular formula is C25H22F2N4O3. The number of pyridine rings is 1. The first-order valence-electron chi connectivity index (χ1n) is 10.9. The highest BCUT2D eigenvalue weighted by molar-refractivity contribution is 6.04. The number of anilines is 2. The first kappa shape index (κ1) is 22.0. The highest BCUT2D eigenvalue weighted by Crippen LogP contribution is 2.33. The van der Waals surface area contributed by atoms with Crippen LogP contribution < -0.4 is 10.6 Å². The van der Waals surface area contributed by atoms with Crippen LogP contribution in [0.2, 0.25) is 0 Å². The maximum absolute atomic E-state index is 14.4. The first-order chi connectivity index (χ1) is 16.4. The van der Waals surface area contributed by atoms with Gasteiger partial charge in [0.25, 0.3) is 11.8 Å². The summed E-state index contributed by atoms with van der Waals surface area (Å²) in [5, 5.41) is 5.84. The van der Waals surface area contributed by atoms with Crippen molar-refractivity contribution in [2.24, 2.45) is 0 Å². The zero-order valence-electron chi connectivity index (χ0n) is 18.4. The zero-order chi connectivity index (χ0) is 23.8. The number of nitrogens with zero attached hydrogens (tertiary/aromatic N) is 2. The Morgan fingerprint density at radius 1 is 1.15 bits per heavy atom. The van der Waals surface area contributed by atoms with Gasteiger partial charge in [-0.15, -0.1) is 0 Å². The summed E-state index contributed by atoms with van der Waals surface area (Å²) in [4.78, 5) is 31.4. The molecule has 0 aliphatic carbocycles. The van der Waals surface area contributed by atoms with Gasteiger partial charge in [0.05, 0.1) is 54.0 Å². The van der Waals surface area contributed by atoms with Crippen LogP contribution in [0.5, 0.6) is 0 Å². The summed E-state index contributed by atoms with van der Waals surface area (Å²) in [6.07, 6.45) is 0. The van der Waals surface area contributed by atoms with Crippen molar-refractivity contribution < 1.29 is 23.1 Å². The lowest BCUT2D eigenvalue weighted by molar-refractivity contribution is 0.00359. The van der Waals surface area contributed by atoms with Gasteiger partial charge in [-0.25, -0.2) is 13.8 Å². The lowest BCUT2D eigenvalue weighted by Gasteiger charge is -2.33. The number of carbonyl (C=O) groups is 2. The molecule has 7 nitrogen and oxygen atoms in total. The number of carbonyl (C=O) groups excluding carboxylic acids is 2. The van der Waals surface area contributed by atoms with Gasteiger partial charge in [-0.1, -0.05) is 6.07 Å². The molecule has 2 aromatic carbocycles. The van der Waals surface area contributed by atoms with E-state index in [1.807, 2.05) is 6.92 Å². The van der Waals surface area contributed by atoms with Crippen molar-refractivity contribution in [1.82, 2.24) is 15.2 Å². The summed E-state index contributed by atoms with van der Waals surface area (Å²) in [5.41, 5.74) is 2.07. The van der Waals surface area contributed by atoms with Crippen LogP contribution in [0.15, 0.2) is 48.5 Å². The van der Waals surface area contributed by atoms with Crippen LogP contribution in [0.4, 0.5) is 20.2 Å². The minimum absolute atomic E-state index is 0.00540. The topological polar surface area (TPSA) is 83.6 Å². The Labute approximate surface area is 194 Å². The van der Waals surface area contributed by atoms with Crippen LogP contribution in [-0.2, 0) is 11.3 Å². The Balaban J connectivity index is 1.46. The summed E-state index contributed by atoms with van der Waals surface area (Å²) < 4.78 is 34.2. The second-order valence-electron chi connectivity index (χ2n) is 8.28. The van der Waals surface area contributed by atoms with Gasteiger partial charge in [0.2, 0.25) is 0 Å². The molecule has 0 saturated carbocycles. The van der Waals surface area contributed by atoms with Gasteiger partial charge in [-0.2, -0.15) is 0 Å². The van der Waals surface area contributed by atoms with Crippen molar-refractivity contribution in [3.63, 3.8) is 0 Å². The number of benzene rings is 2. The molecule has 34 heavy (non-hydrogen) atoms. The van der Waals surface area contributed by atoms with Crippen LogP contribution in [0.25, 0.3) is 11.3 Å². The number of hydrogen-bond acceptors (Lipinski definition) is 5. The number of rotatable bonds is 4. The Morgan fingerprint density at radius 3 is 2.59 bits per heavy atom. The number of ether oxygens (including phenoxy) is 1. The van der Waals surface area contributed by atoms with Crippen molar-refractivity contribution in [2.45, 2.75) is 19.5 Å². The maximum Gasteiger partial charge on any atom is 0.255 e. The van der Waals surface area contributed by atoms with Crippen molar-refractivity contribution in [2.75, 3.05) is 25.1 Å². The minimum atomic E-state index is -0.740. The second kappa shape index (κ2) is 8.83. The molecule has 0 unspecified atom stereocenters. The van der Waals surface area contributed by atoms with E-state index in [1.54, 1.807) is 29.2 Å². The fourth-order valence-corrected chi connectivity index (χ4v) is 4.25. The molecule has 0 bridgehead atoms. The van der Waals surface area contributed by atoms with Gasteiger partial charge in [0, 0.05) is 17.8 Å². The van der Waals surface area contributed by atoms with Crippen LogP contribution in [0.3, 0.4) is 0 Å². The van der Waals surface area contributed by atoms with E-state index < -0.39 is 11.6 Å². The lowest BCUT2D eigenvalue weighted by Crippen LogP contribution is -2.47. The molecule has 9 heteroatoms. The number of halogens is 2. The number of amides is 2. The van der Waals surface area contributed by atoms with Gasteiger partial charge in [-0.05, 0) is 49.4 Å². The number of fused-ring (bicyclic) bond motifs is 1. The highest BCUT2D eigenvalue weighted by Gasteiger charge is 2.28. The van der Waals surface area contributed by atoms with Gasteiger partial charge in [-0.3, -0.25) is 9.59 Å². The molecule has 2 N–H and O–H groups in total. The number of hydrogen-bond donors (Lipinski definition) is 2. The molecule has 3 heterocycles. The van der Waals surface area contributed by atoms with Crippen molar-refractivity contribution >= 4 is 23.2 Å². The van der Waals surface area contributed by atoms with Crippen LogP contribution in [-0.4, -0.2) is 47.5 Å². The fourth-order valence-electron chi connectivity index (χ4n) is 4.25. The third kappa shape index (κ3) is 3.99. The SMILES string of the molecule is C[C@@H]1COCCN1C(=O)c1ccc(Nc2cc(-c3c(F)cccc3F)nc3c2C(=O)NC3)cc1. The molecule has 2 aliphatic rings. The summed E-state index contributed by atoms with van der Waals surface area (Å²) in [6, 6.07) is 11.9. The molecule has 2 amide bonds. The van der Waals surface area contributed by atoms with E-state index in [4.69, 9.17) is 4.74 Å². The van der Waals surface area contributed by atoms with Gasteiger partial charge >= 0.3 is 0 Å². The standard InChI is InChI=1S/C25H22F2N4O3/c1-14-13-34-10-9-31(14)25(33)15-5-7-16(8-6-15)29-20-11-19(22-17(26)3-2-4-18(22)27)30-21-12-28-24(32)23(20)21/h2-8,11,14H,9-10,12-13H2,1H3,(H,28,32)(H,29,30)/t14-/m1/s1. The molecule has 5 rings (SSSR count). The summed E-state index contributed by atoms with van der Waals surface area (Å²) in [5.74, 6) is -1.88. The van der Waals surface area contributed by atoms with Gasteiger partial charge in [0.1, 0.15) is 11.6 Å². The normalized spacial score (nSPS) is 17.3. The van der Waals surface area contributed by atoms with Crippen molar-refractivity contribution in [3.05, 3.63) is 77.0 Å². The van der Waals surface area contributed by atoms with E-state index in [1.165, 1.54) is 12.1 Å². The molecule has 1 atom stereocenters. The summed E-state index contributed by atoms with van der Waals surface area (Å²) in [6.45, 7) is 3.66. The third-order valence-corrected chi connectivity index (χ3v) is 6.00. The molecule has 0 spiro atoms. The largest absolute Gasteiger partial charge is 0.377 e. The summed E-state index contributed by atoms with van der Waals surface area (Å²) >= 11 is 0. The van der Waals surface area contributed by atoms with Crippen molar-refractivity contribution in [3.8, 4) is 11.3 Å². The predicted octanol–water partition coefficient (Wildman–Crippen LogP) is 3.87. The van der Waals surface area contributed by atoms with Gasteiger partial charge in [0.15, 0.2) is 0 Å². The Bertz CT molecular complexity index is 1260. The van der Waals surface area contributed by atoms with Crippen molar-refractivity contribution in [1.29, 1.82) is 0 Å². The number of aromatic nitrogens is 1. The van der Waals surface area contributed by atoms with Gasteiger partial charge < -0.3 is 20.3 Å². The van der Waals surface area contributed by atoms with E-state index >= 15 is 0 Å². The average molecular weight is 464 g/mol. The fraction of sp³-hybridized carbons (Fsp3) is 0.240. The number of nitrogens with one attached hydrogen (secondary N) is 2. The van der Waals surface area contributed by atoms with E-state index in [-0.39, 0.29) is 35.7 Å². The van der Waals surface area contributed by atoms with E-state index in [2.05, 4.69) is 15.6 Å². The van der Waals surface area contributed by atoms with Crippen LogP contribution >= 0.6 is 0 Å². The average Bonchev–Trinajstić information content (AvgIpc) is 3.20. The Morgan fingerprint density at radius 2 is 1.88 bits per heavy atom. The minimum Gasteiger partial charge on any atom is -0.377 e. The molecule has 0 radical (unpaired) electrons. The predicted molar refractivity (Wildman–Crippen MR) is 122 cm³/mol. The lowest BCUT2D eigenvalue weighted by atomic mass is 10.1. The third-order valence-electron chi connectivity index (χ3n) is 6.00. The zero-order valence-corrected chi connectivity index (χ0v) is 18.4. The Kier molecular flexibility index (Phi) is 5.70. The second-order valence-corrected chi connectivity index (χ2v) is 8.28. The van der Waals surface area contributed by atoms with E-state index in [0.29, 0.717) is 48.0 Å². The molecule has 174 valence electrons. The van der Waals surface area contributed by atoms with Crippen LogP contribution in [0, 0.1) is 11.6 Å². The molecule has 1 aromatic heterocycles. The van der Waals surface area contributed by atoms with Crippen LogP contribution in [0.1, 0.15) is 33.3 Å². The highest BCUT2D eigenvalue weighted by atomic mass is 19.1. The Hall–Kier alpha value is -3.85. The van der Waals surface area contributed by atoms with E-state index in [9.17, 15) is 18.4 Å². The number of morpholine rings is 1. The monoisotopic (exact) mass is 464 g/mol. The molecule has 1 saturated heterocycles. The quantitative estimate of drug-likeness (QED) is 0.613. The van der Waals surface area contributed by atoms with E-state index in [0.717, 1.165) is 12.1 Å². The molecule has 1 fully saturated rings. The molecular weight excluding hydrogens is 442 g/mol. The maximum atomic E-state index is 14.4. The smallest absolute Gasteiger partial charge is 0.255 e. The summed E-state index contributed by atoms with van der Waals surface area (Å²) in [7, 11) is 0. The molecule has 3 aromatic rings.